The van der Waals surface area contributed by atoms with Crippen molar-refractivity contribution in [3.8, 4) is 0 Å². The fourth-order valence-corrected chi connectivity index (χ4v) is 3.85. The van der Waals surface area contributed by atoms with Crippen LogP contribution in [0.2, 0.25) is 0 Å². The molecule has 1 aromatic carbocycles. The van der Waals surface area contributed by atoms with Crippen LogP contribution < -0.4 is 0 Å². The van der Waals surface area contributed by atoms with Crippen molar-refractivity contribution in [1.29, 1.82) is 0 Å². The van der Waals surface area contributed by atoms with E-state index in [9.17, 15) is 9.90 Å². The van der Waals surface area contributed by atoms with Gasteiger partial charge < -0.3 is 10.0 Å². The van der Waals surface area contributed by atoms with Gasteiger partial charge in [-0.3, -0.25) is 9.69 Å². The van der Waals surface area contributed by atoms with Crippen LogP contribution in [0.1, 0.15) is 24.8 Å². The minimum Gasteiger partial charge on any atom is -0.396 e. The molecule has 4 nitrogen and oxygen atoms in total. The molecule has 0 aromatic heterocycles. The Morgan fingerprint density at radius 1 is 1.25 bits per heavy atom. The number of thioether (sulfide) groups is 1. The van der Waals surface area contributed by atoms with Gasteiger partial charge >= 0.3 is 0 Å². The highest BCUT2D eigenvalue weighted by atomic mass is 32.2. The van der Waals surface area contributed by atoms with Crippen molar-refractivity contribution in [2.45, 2.75) is 36.6 Å². The fraction of sp³-hybridized carbons (Fsp3) is 0.632. The van der Waals surface area contributed by atoms with Crippen molar-refractivity contribution < 1.29 is 9.90 Å². The Balaban J connectivity index is 1.55. The van der Waals surface area contributed by atoms with Crippen molar-refractivity contribution >= 4 is 17.7 Å². The maximum absolute atomic E-state index is 12.7. The summed E-state index contributed by atoms with van der Waals surface area (Å²) in [5.41, 5.74) is 1.08. The third-order valence-electron chi connectivity index (χ3n) is 5.12. The van der Waals surface area contributed by atoms with E-state index in [0.717, 1.165) is 44.1 Å². The maximum Gasteiger partial charge on any atom is 0.227 e. The monoisotopic (exact) mass is 348 g/mol. The number of aliphatic hydroxyl groups excluding tert-OH is 1. The first kappa shape index (κ1) is 17.8. The molecule has 1 saturated carbocycles. The SMILES string of the molecule is CSc1ccc(CC(=O)N2CCN(CC3CC3)C(CCO)C2)cc1. The lowest BCUT2D eigenvalue weighted by Gasteiger charge is -2.41. The summed E-state index contributed by atoms with van der Waals surface area (Å²) < 4.78 is 0. The topological polar surface area (TPSA) is 43.8 Å². The van der Waals surface area contributed by atoms with E-state index < -0.39 is 0 Å². The van der Waals surface area contributed by atoms with Crippen molar-refractivity contribution in [1.82, 2.24) is 9.80 Å². The highest BCUT2D eigenvalue weighted by Gasteiger charge is 2.33. The quantitative estimate of drug-likeness (QED) is 0.768. The van der Waals surface area contributed by atoms with E-state index in [-0.39, 0.29) is 12.5 Å². The number of amides is 1. The first-order valence-electron chi connectivity index (χ1n) is 8.95. The molecule has 1 aliphatic heterocycles. The van der Waals surface area contributed by atoms with Gasteiger partial charge in [-0.25, -0.2) is 0 Å². The Labute approximate surface area is 149 Å². The largest absolute Gasteiger partial charge is 0.396 e. The van der Waals surface area contributed by atoms with Gasteiger partial charge in [0.1, 0.15) is 0 Å². The molecule has 1 aliphatic carbocycles. The Hall–Kier alpha value is -1.04. The Bertz CT molecular complexity index is 545. The molecule has 1 N–H and O–H groups in total. The lowest BCUT2D eigenvalue weighted by Crippen LogP contribution is -2.55. The van der Waals surface area contributed by atoms with Gasteiger partial charge in [-0.2, -0.15) is 0 Å². The lowest BCUT2D eigenvalue weighted by molar-refractivity contribution is -0.133. The molecular weight excluding hydrogens is 320 g/mol. The second kappa shape index (κ2) is 8.37. The van der Waals surface area contributed by atoms with Crippen molar-refractivity contribution in [3.05, 3.63) is 29.8 Å². The molecule has 132 valence electrons. The average Bonchev–Trinajstić information content (AvgIpc) is 3.41. The van der Waals surface area contributed by atoms with Gasteiger partial charge in [-0.15, -0.1) is 11.8 Å². The third kappa shape index (κ3) is 4.74. The summed E-state index contributed by atoms with van der Waals surface area (Å²) in [5, 5.41) is 9.36. The molecule has 1 heterocycles. The minimum absolute atomic E-state index is 0.198. The minimum atomic E-state index is 0.198. The maximum atomic E-state index is 12.7. The smallest absolute Gasteiger partial charge is 0.227 e. The van der Waals surface area contributed by atoms with Crippen LogP contribution in [-0.2, 0) is 11.2 Å². The molecule has 5 heteroatoms. The first-order chi connectivity index (χ1) is 11.7. The summed E-state index contributed by atoms with van der Waals surface area (Å²) in [7, 11) is 0. The van der Waals surface area contributed by atoms with Crippen LogP contribution in [0.15, 0.2) is 29.2 Å². The van der Waals surface area contributed by atoms with Gasteiger partial charge in [0.05, 0.1) is 6.42 Å². The molecule has 1 atom stereocenters. The van der Waals surface area contributed by atoms with Crippen LogP contribution in [0, 0.1) is 5.92 Å². The molecule has 1 unspecified atom stereocenters. The van der Waals surface area contributed by atoms with E-state index >= 15 is 0 Å². The molecule has 2 fully saturated rings. The predicted molar refractivity (Wildman–Crippen MR) is 98.3 cm³/mol. The van der Waals surface area contributed by atoms with Crippen LogP contribution in [0.3, 0.4) is 0 Å². The number of aliphatic hydroxyl groups is 1. The van der Waals surface area contributed by atoms with E-state index in [0.29, 0.717) is 12.5 Å². The zero-order valence-electron chi connectivity index (χ0n) is 14.5. The van der Waals surface area contributed by atoms with Gasteiger partial charge in [-0.05, 0) is 49.1 Å². The van der Waals surface area contributed by atoms with Crippen LogP contribution in [0.5, 0.6) is 0 Å². The van der Waals surface area contributed by atoms with E-state index in [1.165, 1.54) is 17.7 Å². The zero-order chi connectivity index (χ0) is 16.9. The molecule has 1 amide bonds. The van der Waals surface area contributed by atoms with Crippen molar-refractivity contribution in [2.75, 3.05) is 39.0 Å². The fourth-order valence-electron chi connectivity index (χ4n) is 3.44. The van der Waals surface area contributed by atoms with Crippen LogP contribution in [0.25, 0.3) is 0 Å². The first-order valence-corrected chi connectivity index (χ1v) is 10.2. The number of rotatable bonds is 7. The van der Waals surface area contributed by atoms with E-state index in [1.807, 2.05) is 4.90 Å². The molecule has 24 heavy (non-hydrogen) atoms. The zero-order valence-corrected chi connectivity index (χ0v) is 15.3. The highest BCUT2D eigenvalue weighted by molar-refractivity contribution is 7.98. The molecule has 2 aliphatic rings. The Morgan fingerprint density at radius 2 is 2.00 bits per heavy atom. The predicted octanol–water partition coefficient (Wildman–Crippen LogP) is 2.26. The highest BCUT2D eigenvalue weighted by Crippen LogP contribution is 2.31. The third-order valence-corrected chi connectivity index (χ3v) is 5.87. The number of carbonyl (C=O) groups is 1. The van der Waals surface area contributed by atoms with Gasteiger partial charge in [0.25, 0.3) is 0 Å². The number of hydrogen-bond donors (Lipinski definition) is 1. The standard InChI is InChI=1S/C19H28N2O2S/c1-24-18-6-4-15(5-7-18)12-19(23)21-10-9-20(13-16-2-3-16)17(14-21)8-11-22/h4-7,16-17,22H,2-3,8-14H2,1H3. The molecule has 0 bridgehead atoms. The van der Waals surface area contributed by atoms with Crippen molar-refractivity contribution in [2.24, 2.45) is 5.92 Å². The van der Waals surface area contributed by atoms with E-state index in [2.05, 4.69) is 35.4 Å². The van der Waals surface area contributed by atoms with Crippen LogP contribution >= 0.6 is 11.8 Å². The molecule has 1 saturated heterocycles. The molecule has 0 radical (unpaired) electrons. The number of hydrogen-bond acceptors (Lipinski definition) is 4. The van der Waals surface area contributed by atoms with Gasteiger partial charge in [0.2, 0.25) is 5.91 Å². The summed E-state index contributed by atoms with van der Waals surface area (Å²) in [4.78, 5) is 18.4. The van der Waals surface area contributed by atoms with Crippen molar-refractivity contribution in [3.63, 3.8) is 0 Å². The Kier molecular flexibility index (Phi) is 6.19. The van der Waals surface area contributed by atoms with Gasteiger partial charge in [-0.1, -0.05) is 12.1 Å². The molecular formula is C19H28N2O2S. The van der Waals surface area contributed by atoms with Gasteiger partial charge in [0.15, 0.2) is 0 Å². The second-order valence-electron chi connectivity index (χ2n) is 6.97. The molecule has 1 aromatic rings. The summed E-state index contributed by atoms with van der Waals surface area (Å²) in [6.45, 7) is 3.86. The van der Waals surface area contributed by atoms with Gasteiger partial charge in [0, 0.05) is 43.7 Å². The van der Waals surface area contributed by atoms with Crippen LogP contribution in [0.4, 0.5) is 0 Å². The summed E-state index contributed by atoms with van der Waals surface area (Å²) in [6, 6.07) is 8.58. The number of benzene rings is 1. The number of piperazine rings is 1. The second-order valence-corrected chi connectivity index (χ2v) is 7.85. The summed E-state index contributed by atoms with van der Waals surface area (Å²) in [6.07, 6.45) is 5.98. The van der Waals surface area contributed by atoms with E-state index in [1.54, 1.807) is 11.8 Å². The lowest BCUT2D eigenvalue weighted by atomic mass is 10.1. The molecule has 0 spiro atoms. The average molecular weight is 349 g/mol. The summed E-state index contributed by atoms with van der Waals surface area (Å²) in [5.74, 6) is 1.06. The Morgan fingerprint density at radius 3 is 2.62 bits per heavy atom. The number of carbonyl (C=O) groups excluding carboxylic acids is 1. The number of nitrogens with zero attached hydrogens (tertiary/aromatic N) is 2. The van der Waals surface area contributed by atoms with Crippen LogP contribution in [-0.4, -0.2) is 65.9 Å². The normalized spacial score (nSPS) is 21.9. The molecule has 3 rings (SSSR count). The summed E-state index contributed by atoms with van der Waals surface area (Å²) >= 11 is 1.72. The van der Waals surface area contributed by atoms with E-state index in [4.69, 9.17) is 0 Å².